The fourth-order valence-electron chi connectivity index (χ4n) is 2.02. The lowest BCUT2D eigenvalue weighted by atomic mass is 10.1. The molecule has 0 aliphatic rings. The van der Waals surface area contributed by atoms with Gasteiger partial charge in [-0.3, -0.25) is 4.79 Å². The average molecular weight is 289 g/mol. The molecule has 112 valence electrons. The van der Waals surface area contributed by atoms with Crippen molar-refractivity contribution in [2.45, 2.75) is 38.4 Å². The predicted molar refractivity (Wildman–Crippen MR) is 70.8 cm³/mol. The highest BCUT2D eigenvalue weighted by molar-refractivity contribution is 5.74. The topological polar surface area (TPSA) is 40.5 Å². The van der Waals surface area contributed by atoms with Gasteiger partial charge in [0.15, 0.2) is 0 Å². The summed E-state index contributed by atoms with van der Waals surface area (Å²) in [6.07, 6.45) is -4.72. The van der Waals surface area contributed by atoms with Gasteiger partial charge in [-0.1, -0.05) is 18.2 Å². The quantitative estimate of drug-likeness (QED) is 0.832. The summed E-state index contributed by atoms with van der Waals surface area (Å²) in [6.45, 7) is 1.52. The molecule has 3 nitrogen and oxygen atoms in total. The van der Waals surface area contributed by atoms with Crippen molar-refractivity contribution in [3.05, 3.63) is 30.3 Å². The minimum absolute atomic E-state index is 0.00633. The summed E-state index contributed by atoms with van der Waals surface area (Å²) in [5.74, 6) is -1.00. The number of hydrogen-bond acceptors (Lipinski definition) is 2. The van der Waals surface area contributed by atoms with E-state index in [0.29, 0.717) is 12.1 Å². The van der Waals surface area contributed by atoms with Crippen molar-refractivity contribution in [3.8, 4) is 0 Å². The highest BCUT2D eigenvalue weighted by Gasteiger charge is 2.27. The molecule has 0 spiro atoms. The van der Waals surface area contributed by atoms with E-state index in [1.807, 2.05) is 0 Å². The van der Waals surface area contributed by atoms with Crippen LogP contribution < -0.4 is 4.90 Å². The van der Waals surface area contributed by atoms with E-state index < -0.39 is 18.6 Å². The van der Waals surface area contributed by atoms with Crippen molar-refractivity contribution in [1.29, 1.82) is 0 Å². The molecule has 0 radical (unpaired) electrons. The minimum atomic E-state index is -4.16. The Morgan fingerprint density at radius 3 is 2.40 bits per heavy atom. The Balaban J connectivity index is 2.66. The monoisotopic (exact) mass is 289 g/mol. The molecule has 1 aromatic carbocycles. The second kappa shape index (κ2) is 7.17. The molecule has 0 saturated heterocycles. The number of nitrogens with zero attached hydrogens (tertiary/aromatic N) is 1. The van der Waals surface area contributed by atoms with Gasteiger partial charge < -0.3 is 10.0 Å². The first-order valence-corrected chi connectivity index (χ1v) is 6.40. The van der Waals surface area contributed by atoms with Crippen LogP contribution in [0.5, 0.6) is 0 Å². The van der Waals surface area contributed by atoms with Gasteiger partial charge in [-0.15, -0.1) is 0 Å². The first-order chi connectivity index (χ1) is 9.29. The number of hydrogen-bond donors (Lipinski definition) is 1. The first-order valence-electron chi connectivity index (χ1n) is 6.40. The Morgan fingerprint density at radius 1 is 1.30 bits per heavy atom. The number of anilines is 1. The Hall–Kier alpha value is -1.72. The molecular weight excluding hydrogens is 271 g/mol. The molecule has 0 bridgehead atoms. The second-order valence-electron chi connectivity index (χ2n) is 4.71. The maximum Gasteiger partial charge on any atom is 0.389 e. The number of para-hydroxylation sites is 1. The number of rotatable bonds is 7. The van der Waals surface area contributed by atoms with Crippen LogP contribution in [0.3, 0.4) is 0 Å². The number of carboxylic acid groups (broad SMARTS) is 1. The molecule has 0 aromatic heterocycles. The highest BCUT2D eigenvalue weighted by Crippen LogP contribution is 2.25. The van der Waals surface area contributed by atoms with Gasteiger partial charge in [0, 0.05) is 18.2 Å². The van der Waals surface area contributed by atoms with Crippen molar-refractivity contribution in [2.75, 3.05) is 11.4 Å². The third-order valence-electron chi connectivity index (χ3n) is 3.01. The third-order valence-corrected chi connectivity index (χ3v) is 3.01. The molecule has 0 aliphatic heterocycles. The Bertz CT molecular complexity index is 420. The van der Waals surface area contributed by atoms with Crippen LogP contribution in [0.2, 0.25) is 0 Å². The molecule has 0 fully saturated rings. The van der Waals surface area contributed by atoms with Gasteiger partial charge in [0.1, 0.15) is 6.54 Å². The summed E-state index contributed by atoms with van der Waals surface area (Å²) in [5, 5.41) is 8.93. The normalized spacial score (nSPS) is 13.0. The molecule has 0 saturated carbocycles. The van der Waals surface area contributed by atoms with E-state index in [9.17, 15) is 18.0 Å². The zero-order valence-electron chi connectivity index (χ0n) is 11.2. The van der Waals surface area contributed by atoms with Crippen molar-refractivity contribution >= 4 is 11.7 Å². The van der Waals surface area contributed by atoms with E-state index in [1.165, 1.54) is 0 Å². The fraction of sp³-hybridized carbons (Fsp3) is 0.500. The van der Waals surface area contributed by atoms with Gasteiger partial charge in [0.2, 0.25) is 0 Å². The Morgan fingerprint density at radius 2 is 1.90 bits per heavy atom. The van der Waals surface area contributed by atoms with Crippen LogP contribution in [-0.2, 0) is 4.79 Å². The van der Waals surface area contributed by atoms with E-state index in [-0.39, 0.29) is 19.0 Å². The highest BCUT2D eigenvalue weighted by atomic mass is 19.4. The molecule has 1 atom stereocenters. The molecular formula is C14H18F3NO2. The number of alkyl halides is 3. The third kappa shape index (κ3) is 5.95. The largest absolute Gasteiger partial charge is 0.480 e. The van der Waals surface area contributed by atoms with E-state index in [2.05, 4.69) is 0 Å². The van der Waals surface area contributed by atoms with Crippen LogP contribution in [0, 0.1) is 0 Å². The van der Waals surface area contributed by atoms with Gasteiger partial charge in [-0.05, 0) is 31.9 Å². The number of halogens is 3. The van der Waals surface area contributed by atoms with E-state index in [1.54, 1.807) is 42.2 Å². The van der Waals surface area contributed by atoms with Crippen molar-refractivity contribution in [1.82, 2.24) is 0 Å². The summed E-state index contributed by atoms with van der Waals surface area (Å²) in [5.41, 5.74) is 0.703. The van der Waals surface area contributed by atoms with Crippen LogP contribution in [0.15, 0.2) is 30.3 Å². The molecule has 1 rings (SSSR count). The zero-order valence-corrected chi connectivity index (χ0v) is 11.2. The smallest absolute Gasteiger partial charge is 0.389 e. The van der Waals surface area contributed by atoms with E-state index in [0.717, 1.165) is 0 Å². The summed E-state index contributed by atoms with van der Waals surface area (Å²) in [7, 11) is 0. The lowest BCUT2D eigenvalue weighted by Crippen LogP contribution is -2.37. The van der Waals surface area contributed by atoms with Crippen molar-refractivity contribution < 1.29 is 23.1 Å². The van der Waals surface area contributed by atoms with Gasteiger partial charge >= 0.3 is 12.1 Å². The average Bonchev–Trinajstić information content (AvgIpc) is 2.35. The lowest BCUT2D eigenvalue weighted by molar-refractivity contribution is -0.137. The SMILES string of the molecule is CC(CCCC(F)(F)F)N(CC(=O)O)c1ccccc1. The maximum absolute atomic E-state index is 12.1. The zero-order chi connectivity index (χ0) is 15.2. The van der Waals surface area contributed by atoms with Crippen LogP contribution in [-0.4, -0.2) is 29.8 Å². The van der Waals surface area contributed by atoms with Crippen LogP contribution >= 0.6 is 0 Å². The first kappa shape index (κ1) is 16.3. The van der Waals surface area contributed by atoms with Crippen molar-refractivity contribution in [3.63, 3.8) is 0 Å². The van der Waals surface area contributed by atoms with Crippen LogP contribution in [0.1, 0.15) is 26.2 Å². The van der Waals surface area contributed by atoms with Gasteiger partial charge in [0.25, 0.3) is 0 Å². The second-order valence-corrected chi connectivity index (χ2v) is 4.71. The molecule has 6 heteroatoms. The van der Waals surface area contributed by atoms with Gasteiger partial charge in [-0.25, -0.2) is 0 Å². The lowest BCUT2D eigenvalue weighted by Gasteiger charge is -2.30. The van der Waals surface area contributed by atoms with Crippen LogP contribution in [0.4, 0.5) is 18.9 Å². The van der Waals surface area contributed by atoms with Crippen LogP contribution in [0.25, 0.3) is 0 Å². The molecule has 0 heterocycles. The molecule has 1 N–H and O–H groups in total. The number of aliphatic carboxylic acids is 1. The summed E-state index contributed by atoms with van der Waals surface area (Å²) in [6, 6.07) is 8.58. The number of carbonyl (C=O) groups is 1. The van der Waals surface area contributed by atoms with Gasteiger partial charge in [0.05, 0.1) is 0 Å². The molecule has 1 unspecified atom stereocenters. The fourth-order valence-corrected chi connectivity index (χ4v) is 2.02. The summed E-state index contributed by atoms with van der Waals surface area (Å²) in [4.78, 5) is 12.5. The molecule has 1 aromatic rings. The Labute approximate surface area is 116 Å². The number of benzene rings is 1. The summed E-state index contributed by atoms with van der Waals surface area (Å²) >= 11 is 0. The molecule has 20 heavy (non-hydrogen) atoms. The number of carboxylic acids is 1. The van der Waals surface area contributed by atoms with E-state index in [4.69, 9.17) is 5.11 Å². The maximum atomic E-state index is 12.1. The molecule has 0 aliphatic carbocycles. The Kier molecular flexibility index (Phi) is 5.85. The standard InChI is InChI=1S/C14H18F3NO2/c1-11(6-5-9-14(15,16)17)18(10-13(19)20)12-7-3-2-4-8-12/h2-4,7-8,11H,5-6,9-10H2,1H3,(H,19,20). The predicted octanol–water partition coefficient (Wildman–Crippen LogP) is 3.70. The van der Waals surface area contributed by atoms with Crippen molar-refractivity contribution in [2.24, 2.45) is 0 Å². The minimum Gasteiger partial charge on any atom is -0.480 e. The molecule has 0 amide bonds. The van der Waals surface area contributed by atoms with Gasteiger partial charge in [-0.2, -0.15) is 13.2 Å². The van der Waals surface area contributed by atoms with E-state index >= 15 is 0 Å². The summed E-state index contributed by atoms with van der Waals surface area (Å²) < 4.78 is 36.4.